The number of carbonyl (C=O) groups excluding carboxylic acids is 1. The first kappa shape index (κ1) is 22.5. The largest absolute Gasteiger partial charge is 0.490 e. The molecule has 1 aromatic carbocycles. The van der Waals surface area contributed by atoms with Gasteiger partial charge in [-0.2, -0.15) is 0 Å². The van der Waals surface area contributed by atoms with Crippen LogP contribution in [0.25, 0.3) is 0 Å². The van der Waals surface area contributed by atoms with Crippen molar-refractivity contribution in [1.82, 2.24) is 10.2 Å². The number of aryl methyl sites for hydroxylation is 1. The first-order valence-electron chi connectivity index (χ1n) is 9.80. The number of hydrogen-bond acceptors (Lipinski definition) is 7. The predicted molar refractivity (Wildman–Crippen MR) is 116 cm³/mol. The van der Waals surface area contributed by atoms with E-state index in [9.17, 15) is 4.79 Å². The van der Waals surface area contributed by atoms with Crippen LogP contribution in [0.4, 0.5) is 5.13 Å². The van der Waals surface area contributed by atoms with Crippen LogP contribution in [-0.4, -0.2) is 35.1 Å². The second-order valence-corrected chi connectivity index (χ2v) is 8.51. The molecule has 0 aliphatic heterocycles. The molecule has 0 aliphatic carbocycles. The van der Waals surface area contributed by atoms with Crippen LogP contribution < -0.4 is 14.8 Å². The second kappa shape index (κ2) is 12.6. The molecule has 1 heterocycles. The van der Waals surface area contributed by atoms with Crippen LogP contribution in [0.5, 0.6) is 11.5 Å². The smallest absolute Gasteiger partial charge is 0.226 e. The van der Waals surface area contributed by atoms with Crippen molar-refractivity contribution in [2.24, 2.45) is 0 Å². The first-order valence-corrected chi connectivity index (χ1v) is 11.6. The highest BCUT2D eigenvalue weighted by atomic mass is 32.2. The maximum absolute atomic E-state index is 12.2. The van der Waals surface area contributed by atoms with Gasteiger partial charge in [0.1, 0.15) is 0 Å². The fraction of sp³-hybridized carbons (Fsp3) is 0.550. The number of benzene rings is 1. The highest BCUT2D eigenvalue weighted by Crippen LogP contribution is 2.29. The van der Waals surface area contributed by atoms with Gasteiger partial charge in [0, 0.05) is 12.2 Å². The van der Waals surface area contributed by atoms with Gasteiger partial charge in [0.25, 0.3) is 0 Å². The van der Waals surface area contributed by atoms with E-state index >= 15 is 0 Å². The molecule has 0 atom stereocenters. The molecule has 1 N–H and O–H groups in total. The lowest BCUT2D eigenvalue weighted by atomic mass is 10.1. The van der Waals surface area contributed by atoms with E-state index in [1.54, 1.807) is 11.8 Å². The Labute approximate surface area is 175 Å². The Kier molecular flexibility index (Phi) is 10.1. The van der Waals surface area contributed by atoms with E-state index in [1.807, 2.05) is 25.1 Å². The van der Waals surface area contributed by atoms with Crippen molar-refractivity contribution in [2.45, 2.75) is 57.2 Å². The number of unbranched alkanes of at least 4 members (excludes halogenated alkanes) is 1. The van der Waals surface area contributed by atoms with Gasteiger partial charge in [-0.25, -0.2) is 0 Å². The summed E-state index contributed by atoms with van der Waals surface area (Å²) in [7, 11) is 0. The Balaban J connectivity index is 1.87. The number of hydrogen-bond donors (Lipinski definition) is 1. The molecule has 2 aromatic rings. The normalized spacial score (nSPS) is 10.7. The molecular weight excluding hydrogens is 394 g/mol. The molecule has 0 saturated heterocycles. The van der Waals surface area contributed by atoms with Gasteiger partial charge in [0.15, 0.2) is 15.8 Å². The van der Waals surface area contributed by atoms with Crippen molar-refractivity contribution >= 4 is 34.1 Å². The third-order valence-electron chi connectivity index (χ3n) is 3.79. The highest BCUT2D eigenvalue weighted by Gasteiger charge is 2.11. The number of amides is 1. The number of nitrogens with zero attached hydrogens (tertiary/aromatic N) is 2. The molecular formula is C20H29N3O3S2. The molecule has 0 unspecified atom stereocenters. The summed E-state index contributed by atoms with van der Waals surface area (Å²) in [5, 5.41) is 11.5. The summed E-state index contributed by atoms with van der Waals surface area (Å²) in [5.74, 6) is 2.43. The van der Waals surface area contributed by atoms with Crippen molar-refractivity contribution in [2.75, 3.05) is 24.3 Å². The van der Waals surface area contributed by atoms with Crippen molar-refractivity contribution in [1.29, 1.82) is 0 Å². The van der Waals surface area contributed by atoms with Crippen molar-refractivity contribution in [3.63, 3.8) is 0 Å². The van der Waals surface area contributed by atoms with Crippen molar-refractivity contribution in [3.8, 4) is 11.5 Å². The fourth-order valence-electron chi connectivity index (χ4n) is 2.37. The van der Waals surface area contributed by atoms with E-state index in [0.717, 1.165) is 46.4 Å². The van der Waals surface area contributed by atoms with Crippen molar-refractivity contribution in [3.05, 3.63) is 23.8 Å². The number of thioether (sulfide) groups is 1. The van der Waals surface area contributed by atoms with E-state index in [4.69, 9.17) is 9.47 Å². The standard InChI is InChI=1S/C20H29N3O3S2/c1-4-7-12-26-16-10-8-15(14-17(16)25-6-3)9-11-18(24)21-19-22-23-20(28-19)27-13-5-2/h8,10,14H,4-7,9,11-13H2,1-3H3,(H,21,22,24). The van der Waals surface area contributed by atoms with Gasteiger partial charge in [-0.15, -0.1) is 10.2 Å². The summed E-state index contributed by atoms with van der Waals surface area (Å²) in [6.07, 6.45) is 4.18. The van der Waals surface area contributed by atoms with Crippen LogP contribution in [0.1, 0.15) is 52.0 Å². The molecule has 28 heavy (non-hydrogen) atoms. The maximum atomic E-state index is 12.2. The molecule has 1 aromatic heterocycles. The molecule has 0 spiro atoms. The monoisotopic (exact) mass is 423 g/mol. The van der Waals surface area contributed by atoms with Crippen LogP contribution in [0, 0.1) is 0 Å². The van der Waals surface area contributed by atoms with E-state index < -0.39 is 0 Å². The Bertz CT molecular complexity index is 737. The minimum absolute atomic E-state index is 0.0653. The van der Waals surface area contributed by atoms with Gasteiger partial charge in [0.05, 0.1) is 13.2 Å². The Morgan fingerprint density at radius 2 is 2.00 bits per heavy atom. The summed E-state index contributed by atoms with van der Waals surface area (Å²) >= 11 is 3.08. The molecule has 2 rings (SSSR count). The van der Waals surface area contributed by atoms with Gasteiger partial charge < -0.3 is 14.8 Å². The van der Waals surface area contributed by atoms with E-state index in [0.29, 0.717) is 31.2 Å². The third-order valence-corrected chi connectivity index (χ3v) is 5.96. The third kappa shape index (κ3) is 7.67. The average Bonchev–Trinajstić information content (AvgIpc) is 3.13. The average molecular weight is 424 g/mol. The number of carbonyl (C=O) groups is 1. The Morgan fingerprint density at radius 1 is 1.14 bits per heavy atom. The summed E-state index contributed by atoms with van der Waals surface area (Å²) in [5.41, 5.74) is 1.04. The molecule has 0 radical (unpaired) electrons. The molecule has 8 heteroatoms. The molecule has 0 fully saturated rings. The minimum atomic E-state index is -0.0653. The molecule has 0 aliphatic rings. The maximum Gasteiger partial charge on any atom is 0.226 e. The zero-order chi connectivity index (χ0) is 20.2. The summed E-state index contributed by atoms with van der Waals surface area (Å²) in [6.45, 7) is 7.46. The molecule has 0 saturated carbocycles. The number of nitrogens with one attached hydrogen (secondary N) is 1. The van der Waals surface area contributed by atoms with Crippen LogP contribution in [0.15, 0.2) is 22.5 Å². The molecule has 154 valence electrons. The Hall–Kier alpha value is -1.80. The first-order chi connectivity index (χ1) is 13.7. The van der Waals surface area contributed by atoms with Gasteiger partial charge in [-0.05, 0) is 43.9 Å². The number of aromatic nitrogens is 2. The number of ether oxygens (including phenoxy) is 2. The Morgan fingerprint density at radius 3 is 2.75 bits per heavy atom. The predicted octanol–water partition coefficient (Wildman–Crippen LogP) is 5.19. The zero-order valence-corrected chi connectivity index (χ0v) is 18.5. The lowest BCUT2D eigenvalue weighted by molar-refractivity contribution is -0.116. The molecule has 0 bridgehead atoms. The SMILES string of the molecule is CCCCOc1ccc(CCC(=O)Nc2nnc(SCCC)s2)cc1OCC. The fourth-order valence-corrected chi connectivity index (χ4v) is 4.06. The lowest BCUT2D eigenvalue weighted by Crippen LogP contribution is -2.12. The second-order valence-electron chi connectivity index (χ2n) is 6.19. The zero-order valence-electron chi connectivity index (χ0n) is 16.8. The topological polar surface area (TPSA) is 73.3 Å². The van der Waals surface area contributed by atoms with Crippen LogP contribution in [0.2, 0.25) is 0 Å². The van der Waals surface area contributed by atoms with E-state index in [1.165, 1.54) is 11.3 Å². The molecule has 1 amide bonds. The summed E-state index contributed by atoms with van der Waals surface area (Å²) in [4.78, 5) is 12.2. The lowest BCUT2D eigenvalue weighted by Gasteiger charge is -2.13. The number of rotatable bonds is 13. The van der Waals surface area contributed by atoms with Gasteiger partial charge in [-0.1, -0.05) is 49.4 Å². The van der Waals surface area contributed by atoms with Gasteiger partial charge in [-0.3, -0.25) is 4.79 Å². The highest BCUT2D eigenvalue weighted by molar-refractivity contribution is 8.01. The van der Waals surface area contributed by atoms with Crippen LogP contribution >= 0.6 is 23.1 Å². The molecule has 6 nitrogen and oxygen atoms in total. The van der Waals surface area contributed by atoms with E-state index in [-0.39, 0.29) is 5.91 Å². The number of anilines is 1. The van der Waals surface area contributed by atoms with Gasteiger partial charge >= 0.3 is 0 Å². The summed E-state index contributed by atoms with van der Waals surface area (Å²) < 4.78 is 12.4. The van der Waals surface area contributed by atoms with E-state index in [2.05, 4.69) is 29.4 Å². The van der Waals surface area contributed by atoms with Crippen molar-refractivity contribution < 1.29 is 14.3 Å². The van der Waals surface area contributed by atoms with Crippen LogP contribution in [-0.2, 0) is 11.2 Å². The minimum Gasteiger partial charge on any atom is -0.490 e. The summed E-state index contributed by atoms with van der Waals surface area (Å²) in [6, 6.07) is 5.87. The van der Waals surface area contributed by atoms with Crippen LogP contribution in [0.3, 0.4) is 0 Å². The quantitative estimate of drug-likeness (QED) is 0.271. The van der Waals surface area contributed by atoms with Gasteiger partial charge in [0.2, 0.25) is 11.0 Å².